The minimum Gasteiger partial charge on any atom is -0.310 e. The highest BCUT2D eigenvalue weighted by Crippen LogP contribution is 2.54. The van der Waals surface area contributed by atoms with Crippen molar-refractivity contribution in [3.63, 3.8) is 0 Å². The lowest BCUT2D eigenvalue weighted by Gasteiger charge is -2.33. The number of anilines is 3. The molecule has 0 heterocycles. The monoisotopic (exact) mass is 733 g/mol. The summed E-state index contributed by atoms with van der Waals surface area (Å²) >= 11 is 0. The lowest BCUT2D eigenvalue weighted by atomic mass is 9.81. The highest BCUT2D eigenvalue weighted by atomic mass is 15.1. The predicted molar refractivity (Wildman–Crippen MR) is 239 cm³/mol. The lowest BCUT2D eigenvalue weighted by molar-refractivity contribution is 0.443. The molecule has 0 spiro atoms. The molecule has 6 aliphatic carbocycles. The van der Waals surface area contributed by atoms with Crippen LogP contribution in [0.2, 0.25) is 0 Å². The van der Waals surface area contributed by atoms with E-state index in [1.54, 1.807) is 11.1 Å². The molecule has 0 amide bonds. The number of hydrogen-bond donors (Lipinski definition) is 0. The normalized spacial score (nSPS) is 15.9. The molecule has 0 saturated heterocycles. The first-order chi connectivity index (χ1) is 27.5. The molecule has 0 atom stereocenters. The van der Waals surface area contributed by atoms with Gasteiger partial charge >= 0.3 is 0 Å². The van der Waals surface area contributed by atoms with Crippen LogP contribution in [0.3, 0.4) is 0 Å². The van der Waals surface area contributed by atoms with Gasteiger partial charge in [0.1, 0.15) is 0 Å². The Morgan fingerprint density at radius 2 is 1.27 bits per heavy atom. The highest BCUT2D eigenvalue weighted by molar-refractivity contribution is 5.95. The third-order valence-corrected chi connectivity index (χ3v) is 13.6. The van der Waals surface area contributed by atoms with E-state index in [0.717, 1.165) is 25.7 Å². The predicted octanol–water partition coefficient (Wildman–Crippen LogP) is 15.2. The summed E-state index contributed by atoms with van der Waals surface area (Å²) in [6, 6.07) is 50.0. The average Bonchev–Trinajstić information content (AvgIpc) is 3.46. The standard InChI is InChI=1S/C55H59N/c1-4-5-6-9-20-46-35-39-23-27-43(46)28-24-40-26-30-45(29-25-39)53(36-40)56(47-33-31-42(32-34-47)41-16-10-7-11-17-41)54-38-52-50(37-49(54)44-18-12-8-13-19-44)48-21-14-15-22-51(48)55(52,2)3/h8,12-15,18-19,21-23,26-27,30-38,41H,4-7,9-11,16-17,20,24-25,28-29H2,1-3H3. The van der Waals surface area contributed by atoms with E-state index in [4.69, 9.17) is 0 Å². The summed E-state index contributed by atoms with van der Waals surface area (Å²) in [5.41, 5.74) is 20.8. The summed E-state index contributed by atoms with van der Waals surface area (Å²) in [6.45, 7) is 7.14. The third kappa shape index (κ3) is 7.15. The van der Waals surface area contributed by atoms with Crippen LogP contribution in [0.1, 0.15) is 129 Å². The average molecular weight is 734 g/mol. The number of aryl methyl sites for hydroxylation is 5. The molecular formula is C55H59N. The van der Waals surface area contributed by atoms with Crippen LogP contribution in [-0.2, 0) is 37.5 Å². The van der Waals surface area contributed by atoms with Crippen molar-refractivity contribution in [2.24, 2.45) is 0 Å². The van der Waals surface area contributed by atoms with Gasteiger partial charge in [-0.1, -0.05) is 156 Å². The molecule has 12 rings (SSSR count). The molecule has 6 aliphatic rings. The number of rotatable bonds is 10. The summed E-state index contributed by atoms with van der Waals surface area (Å²) in [7, 11) is 0. The minimum absolute atomic E-state index is 0.103. The summed E-state index contributed by atoms with van der Waals surface area (Å²) in [4.78, 5) is 2.65. The molecule has 1 heteroatoms. The number of nitrogens with zero attached hydrogens (tertiary/aromatic N) is 1. The van der Waals surface area contributed by atoms with Crippen LogP contribution in [0.5, 0.6) is 0 Å². The van der Waals surface area contributed by atoms with Gasteiger partial charge in [-0.05, 0) is 149 Å². The molecule has 0 radical (unpaired) electrons. The van der Waals surface area contributed by atoms with Gasteiger partial charge in [-0.25, -0.2) is 0 Å². The Balaban J connectivity index is 1.20. The van der Waals surface area contributed by atoms with E-state index in [1.807, 2.05) is 0 Å². The van der Waals surface area contributed by atoms with E-state index in [-0.39, 0.29) is 5.41 Å². The molecule has 1 fully saturated rings. The second kappa shape index (κ2) is 15.9. The Morgan fingerprint density at radius 3 is 2.05 bits per heavy atom. The van der Waals surface area contributed by atoms with Crippen LogP contribution in [0.15, 0.2) is 127 Å². The largest absolute Gasteiger partial charge is 0.310 e. The first kappa shape index (κ1) is 36.7. The molecule has 6 aromatic rings. The van der Waals surface area contributed by atoms with Gasteiger partial charge in [-0.3, -0.25) is 0 Å². The van der Waals surface area contributed by atoms with Crippen molar-refractivity contribution in [1.29, 1.82) is 0 Å². The van der Waals surface area contributed by atoms with Gasteiger partial charge in [0, 0.05) is 22.4 Å². The van der Waals surface area contributed by atoms with E-state index in [2.05, 4.69) is 153 Å². The Morgan fingerprint density at radius 1 is 0.554 bits per heavy atom. The van der Waals surface area contributed by atoms with E-state index >= 15 is 0 Å². The fraction of sp³-hybridized carbons (Fsp3) is 0.345. The maximum atomic E-state index is 2.65. The number of benzene rings is 6. The van der Waals surface area contributed by atoms with Crippen molar-refractivity contribution in [2.45, 2.75) is 122 Å². The van der Waals surface area contributed by atoms with Crippen molar-refractivity contribution in [2.75, 3.05) is 4.90 Å². The van der Waals surface area contributed by atoms with Gasteiger partial charge in [0.05, 0.1) is 5.69 Å². The van der Waals surface area contributed by atoms with Gasteiger partial charge in [0.2, 0.25) is 0 Å². The number of fused-ring (bicyclic) bond motifs is 3. The Labute approximate surface area is 336 Å². The fourth-order valence-electron chi connectivity index (χ4n) is 10.3. The van der Waals surface area contributed by atoms with Crippen molar-refractivity contribution in [3.8, 4) is 22.3 Å². The minimum atomic E-state index is -0.103. The van der Waals surface area contributed by atoms with E-state index in [1.165, 1.54) is 137 Å². The first-order valence-electron chi connectivity index (χ1n) is 21.9. The second-order valence-electron chi connectivity index (χ2n) is 17.6. The summed E-state index contributed by atoms with van der Waals surface area (Å²) in [5.74, 6) is 0.678. The van der Waals surface area contributed by atoms with Gasteiger partial charge in [0.25, 0.3) is 0 Å². The maximum absolute atomic E-state index is 2.65. The Kier molecular flexibility index (Phi) is 10.5. The van der Waals surface area contributed by atoms with Crippen molar-refractivity contribution >= 4 is 17.1 Å². The molecule has 1 saturated carbocycles. The molecule has 4 bridgehead atoms. The molecule has 284 valence electrons. The highest BCUT2D eigenvalue weighted by Gasteiger charge is 2.37. The zero-order chi connectivity index (χ0) is 38.1. The van der Waals surface area contributed by atoms with Crippen LogP contribution in [0.4, 0.5) is 17.1 Å². The molecule has 1 nitrogen and oxygen atoms in total. The molecule has 6 aromatic carbocycles. The zero-order valence-electron chi connectivity index (χ0n) is 34.0. The summed E-state index contributed by atoms with van der Waals surface area (Å²) in [5, 5.41) is 0. The number of hydrogen-bond acceptors (Lipinski definition) is 1. The summed E-state index contributed by atoms with van der Waals surface area (Å²) in [6.07, 6.45) is 17.3. The van der Waals surface area contributed by atoms with Gasteiger partial charge in [0.15, 0.2) is 0 Å². The SMILES string of the molecule is CCCCCCc1cc2ccc1CCc1ccc(c(N(c3ccc(C4CCCCC4)cc3)c3cc4c(cc3-c3ccccc3)-c3ccccc3C4(C)C)c1)CC2. The van der Waals surface area contributed by atoms with Gasteiger partial charge < -0.3 is 4.90 Å². The van der Waals surface area contributed by atoms with Crippen LogP contribution in [-0.4, -0.2) is 0 Å². The Bertz CT molecular complexity index is 2300. The molecule has 0 unspecified atom stereocenters. The number of unbranched alkanes of at least 4 members (excludes halogenated alkanes) is 3. The van der Waals surface area contributed by atoms with E-state index < -0.39 is 0 Å². The summed E-state index contributed by atoms with van der Waals surface area (Å²) < 4.78 is 0. The molecule has 0 aromatic heterocycles. The second-order valence-corrected chi connectivity index (χ2v) is 17.6. The maximum Gasteiger partial charge on any atom is 0.0543 e. The molecule has 0 aliphatic heterocycles. The van der Waals surface area contributed by atoms with Crippen molar-refractivity contribution in [1.82, 2.24) is 0 Å². The smallest absolute Gasteiger partial charge is 0.0543 e. The quantitative estimate of drug-likeness (QED) is 0.127. The topological polar surface area (TPSA) is 3.24 Å². The lowest BCUT2D eigenvalue weighted by Crippen LogP contribution is -2.18. The van der Waals surface area contributed by atoms with E-state index in [9.17, 15) is 0 Å². The van der Waals surface area contributed by atoms with Crippen LogP contribution < -0.4 is 4.90 Å². The Hall–Kier alpha value is -4.88. The fourth-order valence-corrected chi connectivity index (χ4v) is 10.3. The van der Waals surface area contributed by atoms with Crippen LogP contribution in [0.25, 0.3) is 22.3 Å². The zero-order valence-corrected chi connectivity index (χ0v) is 34.0. The van der Waals surface area contributed by atoms with Crippen molar-refractivity contribution < 1.29 is 0 Å². The third-order valence-electron chi connectivity index (χ3n) is 13.6. The van der Waals surface area contributed by atoms with Gasteiger partial charge in [-0.15, -0.1) is 0 Å². The van der Waals surface area contributed by atoms with Gasteiger partial charge in [-0.2, -0.15) is 0 Å². The van der Waals surface area contributed by atoms with Crippen LogP contribution in [0, 0.1) is 0 Å². The molecule has 0 N–H and O–H groups in total. The molecule has 56 heavy (non-hydrogen) atoms. The molecular weight excluding hydrogens is 675 g/mol. The van der Waals surface area contributed by atoms with Crippen molar-refractivity contribution in [3.05, 3.63) is 172 Å². The first-order valence-corrected chi connectivity index (χ1v) is 21.9. The van der Waals surface area contributed by atoms with E-state index in [0.29, 0.717) is 5.92 Å². The van der Waals surface area contributed by atoms with Crippen LogP contribution >= 0.6 is 0 Å².